The highest BCUT2D eigenvalue weighted by Crippen LogP contribution is 2.22. The Balaban J connectivity index is 1.75. The fourth-order valence-corrected chi connectivity index (χ4v) is 2.54. The molecule has 0 atom stereocenters. The van der Waals surface area contributed by atoms with Gasteiger partial charge in [0.1, 0.15) is 0 Å². The summed E-state index contributed by atoms with van der Waals surface area (Å²) in [6.45, 7) is 0. The van der Waals surface area contributed by atoms with Crippen LogP contribution in [-0.4, -0.2) is 23.2 Å². The van der Waals surface area contributed by atoms with Gasteiger partial charge in [-0.25, -0.2) is 0 Å². The molecule has 3 aromatic rings. The number of carbonyl (C=O) groups excluding carboxylic acids is 1. The van der Waals surface area contributed by atoms with E-state index in [0.29, 0.717) is 11.5 Å². The van der Waals surface area contributed by atoms with Crippen LogP contribution in [-0.2, 0) is 0 Å². The molecular formula is C18H15BrN4O. The zero-order valence-electron chi connectivity index (χ0n) is 13.0. The second-order valence-electron chi connectivity index (χ2n) is 5.11. The van der Waals surface area contributed by atoms with Crippen LogP contribution in [0.15, 0.2) is 71.2 Å². The maximum atomic E-state index is 12.3. The van der Waals surface area contributed by atoms with Crippen molar-refractivity contribution in [2.75, 3.05) is 17.3 Å². The number of aromatic nitrogens is 2. The summed E-state index contributed by atoms with van der Waals surface area (Å²) in [7, 11) is 1.90. The zero-order valence-corrected chi connectivity index (χ0v) is 14.6. The summed E-state index contributed by atoms with van der Waals surface area (Å²) in [5, 5.41) is 11.0. The molecule has 6 heteroatoms. The number of para-hydroxylation sites is 2. The van der Waals surface area contributed by atoms with Crippen molar-refractivity contribution in [1.29, 1.82) is 0 Å². The van der Waals surface area contributed by atoms with Crippen molar-refractivity contribution in [3.8, 4) is 0 Å². The molecule has 0 aliphatic carbocycles. The largest absolute Gasteiger partial charge is 0.328 e. The van der Waals surface area contributed by atoms with Crippen molar-refractivity contribution in [2.24, 2.45) is 0 Å². The lowest BCUT2D eigenvalue weighted by Crippen LogP contribution is -2.17. The molecule has 0 radical (unpaired) electrons. The standard InChI is InChI=1S/C18H15BrN4O/c1-23(13-7-3-2-4-8-13)17-12-11-16(21-22-17)18(24)20-15-10-6-5-9-14(15)19/h2-12H,1H3,(H,20,24). The Morgan fingerprint density at radius 1 is 0.958 bits per heavy atom. The summed E-state index contributed by atoms with van der Waals surface area (Å²) in [5.74, 6) is 0.363. The van der Waals surface area contributed by atoms with Crippen molar-refractivity contribution in [3.05, 3.63) is 76.9 Å². The number of anilines is 3. The van der Waals surface area contributed by atoms with Crippen molar-refractivity contribution < 1.29 is 4.79 Å². The molecule has 0 aliphatic heterocycles. The first-order valence-electron chi connectivity index (χ1n) is 7.33. The Labute approximate surface area is 148 Å². The molecule has 24 heavy (non-hydrogen) atoms. The van der Waals surface area contributed by atoms with E-state index >= 15 is 0 Å². The topological polar surface area (TPSA) is 58.1 Å². The van der Waals surface area contributed by atoms with Crippen LogP contribution < -0.4 is 10.2 Å². The summed E-state index contributed by atoms with van der Waals surface area (Å²) in [5.41, 5.74) is 1.95. The highest BCUT2D eigenvalue weighted by atomic mass is 79.9. The van der Waals surface area contributed by atoms with E-state index in [1.54, 1.807) is 12.1 Å². The second-order valence-corrected chi connectivity index (χ2v) is 5.96. The van der Waals surface area contributed by atoms with E-state index < -0.39 is 0 Å². The predicted octanol–water partition coefficient (Wildman–Crippen LogP) is 4.26. The lowest BCUT2D eigenvalue weighted by molar-refractivity contribution is 0.102. The van der Waals surface area contributed by atoms with Gasteiger partial charge in [0.15, 0.2) is 11.5 Å². The van der Waals surface area contributed by atoms with E-state index in [1.807, 2.05) is 66.5 Å². The molecule has 5 nitrogen and oxygen atoms in total. The lowest BCUT2D eigenvalue weighted by Gasteiger charge is -2.17. The molecule has 0 unspecified atom stereocenters. The number of rotatable bonds is 4. The van der Waals surface area contributed by atoms with Gasteiger partial charge in [-0.05, 0) is 52.3 Å². The van der Waals surface area contributed by atoms with Crippen LogP contribution in [0.4, 0.5) is 17.2 Å². The molecule has 1 N–H and O–H groups in total. The summed E-state index contributed by atoms with van der Waals surface area (Å²) in [4.78, 5) is 14.2. The first kappa shape index (κ1) is 16.1. The van der Waals surface area contributed by atoms with Gasteiger partial charge < -0.3 is 10.2 Å². The number of halogens is 1. The highest BCUT2D eigenvalue weighted by molar-refractivity contribution is 9.10. The number of amides is 1. The van der Waals surface area contributed by atoms with E-state index in [-0.39, 0.29) is 11.6 Å². The third-order valence-corrected chi connectivity index (χ3v) is 4.18. The lowest BCUT2D eigenvalue weighted by atomic mass is 10.3. The number of nitrogens with one attached hydrogen (secondary N) is 1. The molecule has 1 aromatic heterocycles. The van der Waals surface area contributed by atoms with Gasteiger partial charge in [-0.2, -0.15) is 0 Å². The zero-order chi connectivity index (χ0) is 16.9. The molecule has 0 fully saturated rings. The Bertz CT molecular complexity index is 837. The van der Waals surface area contributed by atoms with Gasteiger partial charge in [0, 0.05) is 17.2 Å². The number of nitrogens with zero attached hydrogens (tertiary/aromatic N) is 3. The fraction of sp³-hybridized carbons (Fsp3) is 0.0556. The number of hydrogen-bond donors (Lipinski definition) is 1. The quantitative estimate of drug-likeness (QED) is 0.732. The van der Waals surface area contributed by atoms with Crippen LogP contribution in [0.5, 0.6) is 0 Å². The number of carbonyl (C=O) groups is 1. The molecule has 120 valence electrons. The van der Waals surface area contributed by atoms with Gasteiger partial charge in [0.2, 0.25) is 0 Å². The van der Waals surface area contributed by atoms with Crippen LogP contribution in [0.2, 0.25) is 0 Å². The van der Waals surface area contributed by atoms with Crippen molar-refractivity contribution in [3.63, 3.8) is 0 Å². The van der Waals surface area contributed by atoms with Crippen LogP contribution in [0, 0.1) is 0 Å². The minimum atomic E-state index is -0.302. The smallest absolute Gasteiger partial charge is 0.276 e. The Hall–Kier alpha value is -2.73. The normalized spacial score (nSPS) is 10.2. The fourth-order valence-electron chi connectivity index (χ4n) is 2.16. The molecule has 1 amide bonds. The van der Waals surface area contributed by atoms with E-state index in [1.165, 1.54) is 0 Å². The summed E-state index contributed by atoms with van der Waals surface area (Å²) < 4.78 is 0.812. The van der Waals surface area contributed by atoms with E-state index in [2.05, 4.69) is 31.4 Å². The molecule has 2 aromatic carbocycles. The van der Waals surface area contributed by atoms with Crippen LogP contribution in [0.3, 0.4) is 0 Å². The van der Waals surface area contributed by atoms with Gasteiger partial charge in [-0.1, -0.05) is 30.3 Å². The predicted molar refractivity (Wildman–Crippen MR) is 98.6 cm³/mol. The second kappa shape index (κ2) is 7.23. The molecule has 0 aliphatic rings. The third kappa shape index (κ3) is 3.60. The van der Waals surface area contributed by atoms with Crippen molar-refractivity contribution >= 4 is 39.0 Å². The molecule has 0 saturated heterocycles. The number of benzene rings is 2. The monoisotopic (exact) mass is 382 g/mol. The van der Waals surface area contributed by atoms with Crippen molar-refractivity contribution in [1.82, 2.24) is 10.2 Å². The summed E-state index contributed by atoms with van der Waals surface area (Å²) in [6, 6.07) is 20.7. The summed E-state index contributed by atoms with van der Waals surface area (Å²) in [6.07, 6.45) is 0. The minimum absolute atomic E-state index is 0.260. The SMILES string of the molecule is CN(c1ccccc1)c1ccc(C(=O)Nc2ccccc2Br)nn1. The molecular weight excluding hydrogens is 368 g/mol. The molecule has 1 heterocycles. The molecule has 3 rings (SSSR count). The van der Waals surface area contributed by atoms with Gasteiger partial charge in [0.05, 0.1) is 5.69 Å². The van der Waals surface area contributed by atoms with Crippen LogP contribution in [0.1, 0.15) is 10.5 Å². The van der Waals surface area contributed by atoms with Gasteiger partial charge in [0.25, 0.3) is 5.91 Å². The van der Waals surface area contributed by atoms with Crippen LogP contribution >= 0.6 is 15.9 Å². The number of hydrogen-bond acceptors (Lipinski definition) is 4. The van der Waals surface area contributed by atoms with Gasteiger partial charge >= 0.3 is 0 Å². The Morgan fingerprint density at radius 3 is 2.33 bits per heavy atom. The molecule has 0 saturated carbocycles. The first-order chi connectivity index (χ1) is 11.6. The maximum absolute atomic E-state index is 12.3. The maximum Gasteiger partial charge on any atom is 0.276 e. The first-order valence-corrected chi connectivity index (χ1v) is 8.13. The third-order valence-electron chi connectivity index (χ3n) is 3.49. The minimum Gasteiger partial charge on any atom is -0.328 e. The van der Waals surface area contributed by atoms with Crippen LogP contribution in [0.25, 0.3) is 0 Å². The van der Waals surface area contributed by atoms with Gasteiger partial charge in [-0.15, -0.1) is 10.2 Å². The Morgan fingerprint density at radius 2 is 1.67 bits per heavy atom. The van der Waals surface area contributed by atoms with E-state index in [0.717, 1.165) is 10.2 Å². The van der Waals surface area contributed by atoms with Gasteiger partial charge in [-0.3, -0.25) is 4.79 Å². The van der Waals surface area contributed by atoms with E-state index in [9.17, 15) is 4.79 Å². The van der Waals surface area contributed by atoms with Crippen molar-refractivity contribution in [2.45, 2.75) is 0 Å². The molecule has 0 spiro atoms. The Kier molecular flexibility index (Phi) is 4.86. The van der Waals surface area contributed by atoms with E-state index in [4.69, 9.17) is 0 Å². The average Bonchev–Trinajstić information content (AvgIpc) is 2.64. The molecule has 0 bridgehead atoms. The summed E-state index contributed by atoms with van der Waals surface area (Å²) >= 11 is 3.40. The average molecular weight is 383 g/mol. The highest BCUT2D eigenvalue weighted by Gasteiger charge is 2.12.